The average Bonchev–Trinajstić information content (AvgIpc) is 3.35. The summed E-state index contributed by atoms with van der Waals surface area (Å²) in [6.07, 6.45) is 4.29. The van der Waals surface area contributed by atoms with Crippen LogP contribution in [0.5, 0.6) is 0 Å². The molecule has 0 amide bonds. The molecule has 140 valence electrons. The van der Waals surface area contributed by atoms with E-state index in [1.165, 1.54) is 24.0 Å². The smallest absolute Gasteiger partial charge is 0.193 e. The Morgan fingerprint density at radius 1 is 1.23 bits per heavy atom. The molecule has 0 aliphatic carbocycles. The van der Waals surface area contributed by atoms with Crippen molar-refractivity contribution in [3.8, 4) is 0 Å². The zero-order valence-corrected chi connectivity index (χ0v) is 16.1. The predicted molar refractivity (Wildman–Crippen MR) is 106 cm³/mol. The van der Waals surface area contributed by atoms with Crippen LogP contribution in [0.25, 0.3) is 0 Å². The number of nitrogens with zero attached hydrogens (tertiary/aromatic N) is 3. The molecule has 1 unspecified atom stereocenters. The lowest BCUT2D eigenvalue weighted by molar-refractivity contribution is 0.214. The van der Waals surface area contributed by atoms with Crippen LogP contribution < -0.4 is 5.32 Å². The Balaban J connectivity index is 1.64. The van der Waals surface area contributed by atoms with Gasteiger partial charge in [0.15, 0.2) is 5.96 Å². The van der Waals surface area contributed by atoms with Crippen molar-refractivity contribution in [1.29, 1.82) is 0 Å². The summed E-state index contributed by atoms with van der Waals surface area (Å²) in [5.74, 6) is 1.93. The number of benzene rings is 1. The Hall–Kier alpha value is -2.27. The maximum Gasteiger partial charge on any atom is 0.193 e. The topological polar surface area (TPSA) is 44.0 Å². The molecule has 0 bridgehead atoms. The van der Waals surface area contributed by atoms with Crippen molar-refractivity contribution in [2.24, 2.45) is 4.99 Å². The van der Waals surface area contributed by atoms with Crippen molar-refractivity contribution >= 4 is 5.96 Å². The van der Waals surface area contributed by atoms with Gasteiger partial charge in [0.25, 0.3) is 0 Å². The summed E-state index contributed by atoms with van der Waals surface area (Å²) in [4.78, 5) is 9.15. The maximum atomic E-state index is 5.71. The zero-order chi connectivity index (χ0) is 18.4. The van der Waals surface area contributed by atoms with Crippen LogP contribution in [0.15, 0.2) is 52.1 Å². The van der Waals surface area contributed by atoms with Crippen LogP contribution in [-0.4, -0.2) is 49.5 Å². The van der Waals surface area contributed by atoms with Crippen molar-refractivity contribution in [2.75, 3.05) is 33.7 Å². The molecule has 2 aromatic rings. The largest absolute Gasteiger partial charge is 0.468 e. The normalized spacial score (nSPS) is 16.7. The van der Waals surface area contributed by atoms with E-state index in [9.17, 15) is 0 Å². The van der Waals surface area contributed by atoms with E-state index in [1.807, 2.05) is 13.1 Å². The van der Waals surface area contributed by atoms with Gasteiger partial charge in [0.05, 0.1) is 12.3 Å². The van der Waals surface area contributed by atoms with Crippen molar-refractivity contribution in [1.82, 2.24) is 15.1 Å². The number of guanidine groups is 1. The summed E-state index contributed by atoms with van der Waals surface area (Å²) in [7, 11) is 3.92. The highest BCUT2D eigenvalue weighted by Crippen LogP contribution is 2.25. The van der Waals surface area contributed by atoms with Gasteiger partial charge < -0.3 is 14.6 Å². The lowest BCUT2D eigenvalue weighted by Crippen LogP contribution is -2.43. The monoisotopic (exact) mass is 354 g/mol. The Kier molecular flexibility index (Phi) is 6.34. The maximum absolute atomic E-state index is 5.71. The van der Waals surface area contributed by atoms with Gasteiger partial charge >= 0.3 is 0 Å². The molecule has 1 aromatic heterocycles. The Bertz CT molecular complexity index is 705. The molecular formula is C21H30N4O. The van der Waals surface area contributed by atoms with Gasteiger partial charge in [-0.1, -0.05) is 24.3 Å². The summed E-state index contributed by atoms with van der Waals surface area (Å²) in [6.45, 7) is 6.04. The predicted octanol–water partition coefficient (Wildman–Crippen LogP) is 3.43. The number of hydrogen-bond acceptors (Lipinski definition) is 3. The number of aryl methyl sites for hydroxylation is 1. The Morgan fingerprint density at radius 2 is 2.00 bits per heavy atom. The third-order valence-electron chi connectivity index (χ3n) is 5.15. The zero-order valence-electron chi connectivity index (χ0n) is 16.1. The minimum atomic E-state index is 0.246. The Morgan fingerprint density at radius 3 is 2.65 bits per heavy atom. The molecule has 1 N–H and O–H groups in total. The third kappa shape index (κ3) is 4.47. The first-order valence-electron chi connectivity index (χ1n) is 9.43. The molecule has 5 heteroatoms. The summed E-state index contributed by atoms with van der Waals surface area (Å²) in [6, 6.07) is 12.8. The second-order valence-electron chi connectivity index (χ2n) is 6.98. The number of likely N-dealkylation sites (tertiary alicyclic amines) is 1. The van der Waals surface area contributed by atoms with Crippen LogP contribution in [-0.2, 0) is 6.54 Å². The van der Waals surface area contributed by atoms with E-state index in [0.29, 0.717) is 0 Å². The van der Waals surface area contributed by atoms with Crippen LogP contribution in [0.4, 0.5) is 0 Å². The summed E-state index contributed by atoms with van der Waals surface area (Å²) in [5.41, 5.74) is 2.63. The van der Waals surface area contributed by atoms with Gasteiger partial charge in [-0.3, -0.25) is 9.89 Å². The van der Waals surface area contributed by atoms with E-state index in [-0.39, 0.29) is 6.04 Å². The number of aliphatic imine (C=N–C) groups is 1. The van der Waals surface area contributed by atoms with Crippen LogP contribution in [0.2, 0.25) is 0 Å². The highest BCUT2D eigenvalue weighted by molar-refractivity contribution is 5.79. The van der Waals surface area contributed by atoms with Gasteiger partial charge in [-0.15, -0.1) is 0 Å². The summed E-state index contributed by atoms with van der Waals surface area (Å²) < 4.78 is 5.71. The number of rotatable bonds is 6. The molecule has 0 spiro atoms. The molecular weight excluding hydrogens is 324 g/mol. The lowest BCUT2D eigenvalue weighted by atomic mass is 10.1. The molecule has 26 heavy (non-hydrogen) atoms. The minimum Gasteiger partial charge on any atom is -0.468 e. The molecule has 1 aliphatic heterocycles. The average molecular weight is 354 g/mol. The molecule has 1 aliphatic rings. The number of nitrogens with one attached hydrogen (secondary N) is 1. The molecule has 0 radical (unpaired) electrons. The van der Waals surface area contributed by atoms with Gasteiger partial charge in [-0.2, -0.15) is 0 Å². The van der Waals surface area contributed by atoms with Crippen molar-refractivity contribution < 1.29 is 4.42 Å². The van der Waals surface area contributed by atoms with Crippen LogP contribution in [0, 0.1) is 6.92 Å². The summed E-state index contributed by atoms with van der Waals surface area (Å²) >= 11 is 0. The first-order chi connectivity index (χ1) is 12.7. The fourth-order valence-corrected chi connectivity index (χ4v) is 3.63. The SMILES string of the molecule is CN=C(NCC(c1ccco1)N1CCCC1)N(C)Cc1ccccc1C. The standard InChI is InChI=1S/C21H30N4O/c1-17-9-4-5-10-18(17)16-24(3)21(22-2)23-15-19(20-11-8-14-26-20)25-12-6-7-13-25/h4-5,8-11,14,19H,6-7,12-13,15-16H2,1-3H3,(H,22,23). The second kappa shape index (κ2) is 8.90. The molecule has 3 rings (SSSR count). The molecule has 5 nitrogen and oxygen atoms in total. The van der Waals surface area contributed by atoms with E-state index in [4.69, 9.17) is 4.42 Å². The van der Waals surface area contributed by atoms with Crippen LogP contribution >= 0.6 is 0 Å². The molecule has 1 saturated heterocycles. The number of furan rings is 1. The van der Waals surface area contributed by atoms with E-state index < -0.39 is 0 Å². The highest BCUT2D eigenvalue weighted by atomic mass is 16.3. The molecule has 1 atom stereocenters. The lowest BCUT2D eigenvalue weighted by Gasteiger charge is -2.29. The minimum absolute atomic E-state index is 0.246. The fourth-order valence-electron chi connectivity index (χ4n) is 3.63. The molecule has 0 saturated carbocycles. The summed E-state index contributed by atoms with van der Waals surface area (Å²) in [5, 5.41) is 3.55. The van der Waals surface area contributed by atoms with Gasteiger partial charge in [0.1, 0.15) is 5.76 Å². The third-order valence-corrected chi connectivity index (χ3v) is 5.15. The molecule has 1 aromatic carbocycles. The van der Waals surface area contributed by atoms with Crippen molar-refractivity contribution in [3.05, 3.63) is 59.5 Å². The molecule has 1 fully saturated rings. The van der Waals surface area contributed by atoms with E-state index in [2.05, 4.69) is 64.4 Å². The van der Waals surface area contributed by atoms with Gasteiger partial charge in [-0.05, 0) is 56.1 Å². The van der Waals surface area contributed by atoms with Gasteiger partial charge in [0, 0.05) is 27.2 Å². The Labute approximate surface area is 156 Å². The van der Waals surface area contributed by atoms with E-state index >= 15 is 0 Å². The van der Waals surface area contributed by atoms with E-state index in [1.54, 1.807) is 6.26 Å². The fraction of sp³-hybridized carbons (Fsp3) is 0.476. The van der Waals surface area contributed by atoms with Gasteiger partial charge in [-0.25, -0.2) is 0 Å². The highest BCUT2D eigenvalue weighted by Gasteiger charge is 2.26. The van der Waals surface area contributed by atoms with Crippen LogP contribution in [0.3, 0.4) is 0 Å². The van der Waals surface area contributed by atoms with Crippen molar-refractivity contribution in [3.63, 3.8) is 0 Å². The van der Waals surface area contributed by atoms with Crippen molar-refractivity contribution in [2.45, 2.75) is 32.4 Å². The van der Waals surface area contributed by atoms with Crippen LogP contribution in [0.1, 0.15) is 35.8 Å². The quantitative estimate of drug-likeness (QED) is 0.638. The second-order valence-corrected chi connectivity index (χ2v) is 6.98. The first-order valence-corrected chi connectivity index (χ1v) is 9.43. The number of hydrogen-bond donors (Lipinski definition) is 1. The van der Waals surface area contributed by atoms with Gasteiger partial charge in [0.2, 0.25) is 0 Å². The first kappa shape index (κ1) is 18.5. The molecule has 2 heterocycles. The van der Waals surface area contributed by atoms with E-state index in [0.717, 1.165) is 37.9 Å².